The van der Waals surface area contributed by atoms with Gasteiger partial charge in [0.25, 0.3) is 0 Å². The Morgan fingerprint density at radius 1 is 1.05 bits per heavy atom. The van der Waals surface area contributed by atoms with Crippen LogP contribution in [0.15, 0.2) is 0 Å². The minimum Gasteiger partial charge on any atom is -0.430 e. The largest absolute Gasteiger partial charge is 0.508 e. The van der Waals surface area contributed by atoms with Crippen molar-refractivity contribution in [1.29, 1.82) is 0 Å². The summed E-state index contributed by atoms with van der Waals surface area (Å²) in [5.41, 5.74) is 0. The minimum absolute atomic E-state index is 0.00267. The molecule has 4 atom stereocenters. The van der Waals surface area contributed by atoms with Gasteiger partial charge in [0.2, 0.25) is 0 Å². The molecule has 4 fully saturated rings. The molecular formula is C14H20O5S2. The number of fused-ring (bicyclic) bond motifs is 1. The highest BCUT2D eigenvalue weighted by Crippen LogP contribution is 2.46. The molecule has 0 aromatic heterocycles. The molecule has 5 nitrogen and oxygen atoms in total. The van der Waals surface area contributed by atoms with Crippen molar-refractivity contribution in [2.75, 3.05) is 36.2 Å². The fourth-order valence-corrected chi connectivity index (χ4v) is 6.37. The normalized spacial score (nSPS) is 42.2. The fraction of sp³-hybridized carbons (Fsp3) is 0.929. The molecule has 1 spiro atoms. The summed E-state index contributed by atoms with van der Waals surface area (Å²) in [5.74, 6) is 3.83. The van der Waals surface area contributed by atoms with E-state index in [9.17, 15) is 4.79 Å². The monoisotopic (exact) mass is 332 g/mol. The lowest BCUT2D eigenvalue weighted by Gasteiger charge is -2.48. The second-order valence-corrected chi connectivity index (χ2v) is 8.26. The van der Waals surface area contributed by atoms with Crippen LogP contribution in [0, 0.1) is 11.8 Å². The summed E-state index contributed by atoms with van der Waals surface area (Å²) in [6.07, 6.45) is 1.15. The third-order valence-corrected chi connectivity index (χ3v) is 7.10. The Morgan fingerprint density at radius 2 is 1.86 bits per heavy atom. The first kappa shape index (κ1) is 14.5. The minimum atomic E-state index is -0.541. The molecule has 4 heterocycles. The lowest BCUT2D eigenvalue weighted by molar-refractivity contribution is -0.232. The standard InChI is InChI=1S/C14H20O5S2/c15-13-18-11-1-5-20-7-9(11)12(19-13)10-8-21-6-2-14(10)16-3-4-17-14/h9-12H,1-8H2/t9-,10+,11-,12-/m1/s1. The zero-order valence-electron chi connectivity index (χ0n) is 11.8. The van der Waals surface area contributed by atoms with Gasteiger partial charge in [-0.05, 0) is 17.9 Å². The molecule has 0 aliphatic carbocycles. The molecule has 7 heteroatoms. The molecule has 0 N–H and O–H groups in total. The predicted molar refractivity (Wildman–Crippen MR) is 80.6 cm³/mol. The van der Waals surface area contributed by atoms with Gasteiger partial charge in [-0.25, -0.2) is 4.79 Å². The van der Waals surface area contributed by atoms with E-state index in [1.165, 1.54) is 0 Å². The van der Waals surface area contributed by atoms with Crippen LogP contribution >= 0.6 is 23.5 Å². The van der Waals surface area contributed by atoms with Gasteiger partial charge in [0.1, 0.15) is 12.2 Å². The number of carbonyl (C=O) groups excluding carboxylic acids is 1. The van der Waals surface area contributed by atoms with E-state index in [4.69, 9.17) is 18.9 Å². The summed E-state index contributed by atoms with van der Waals surface area (Å²) in [6, 6.07) is 0. The lowest BCUT2D eigenvalue weighted by Crippen LogP contribution is -2.58. The van der Waals surface area contributed by atoms with Crippen molar-refractivity contribution in [3.05, 3.63) is 0 Å². The maximum Gasteiger partial charge on any atom is 0.508 e. The van der Waals surface area contributed by atoms with Crippen LogP contribution in [-0.4, -0.2) is 60.4 Å². The molecule has 0 aromatic carbocycles. The lowest BCUT2D eigenvalue weighted by atomic mass is 9.81. The van der Waals surface area contributed by atoms with Crippen molar-refractivity contribution in [1.82, 2.24) is 0 Å². The Hall–Kier alpha value is -0.110. The van der Waals surface area contributed by atoms with Crippen LogP contribution in [0.3, 0.4) is 0 Å². The Kier molecular flexibility index (Phi) is 4.02. The molecule has 0 saturated carbocycles. The van der Waals surface area contributed by atoms with E-state index in [2.05, 4.69) is 0 Å². The second-order valence-electron chi connectivity index (χ2n) is 5.96. The molecule has 0 bridgehead atoms. The summed E-state index contributed by atoms with van der Waals surface area (Å²) in [6.45, 7) is 1.28. The summed E-state index contributed by atoms with van der Waals surface area (Å²) in [5, 5.41) is 0. The molecule has 4 aliphatic rings. The number of rotatable bonds is 1. The van der Waals surface area contributed by atoms with E-state index < -0.39 is 11.9 Å². The van der Waals surface area contributed by atoms with Gasteiger partial charge < -0.3 is 18.9 Å². The molecule has 118 valence electrons. The average Bonchev–Trinajstić information content (AvgIpc) is 2.96. The topological polar surface area (TPSA) is 54.0 Å². The highest BCUT2D eigenvalue weighted by molar-refractivity contribution is 7.99. The van der Waals surface area contributed by atoms with Crippen LogP contribution in [0.4, 0.5) is 4.79 Å². The molecule has 0 unspecified atom stereocenters. The molecule has 0 aromatic rings. The number of hydrogen-bond donors (Lipinski definition) is 0. The van der Waals surface area contributed by atoms with Crippen molar-refractivity contribution < 1.29 is 23.7 Å². The molecular weight excluding hydrogens is 312 g/mol. The van der Waals surface area contributed by atoms with Crippen LogP contribution in [0.2, 0.25) is 0 Å². The van der Waals surface area contributed by atoms with E-state index in [1.807, 2.05) is 23.5 Å². The van der Waals surface area contributed by atoms with Gasteiger partial charge >= 0.3 is 6.16 Å². The first-order valence-electron chi connectivity index (χ1n) is 7.59. The Morgan fingerprint density at radius 3 is 2.71 bits per heavy atom. The van der Waals surface area contributed by atoms with Crippen LogP contribution in [0.5, 0.6) is 0 Å². The van der Waals surface area contributed by atoms with Crippen molar-refractivity contribution in [2.24, 2.45) is 11.8 Å². The quantitative estimate of drug-likeness (QED) is 0.682. The third-order valence-electron chi connectivity index (χ3n) is 4.87. The van der Waals surface area contributed by atoms with Crippen molar-refractivity contribution in [3.8, 4) is 0 Å². The second kappa shape index (κ2) is 5.83. The highest BCUT2D eigenvalue weighted by atomic mass is 32.2. The van der Waals surface area contributed by atoms with Crippen LogP contribution in [0.25, 0.3) is 0 Å². The van der Waals surface area contributed by atoms with Crippen molar-refractivity contribution >= 4 is 29.7 Å². The maximum atomic E-state index is 11.8. The van der Waals surface area contributed by atoms with E-state index in [0.717, 1.165) is 35.9 Å². The number of hydrogen-bond acceptors (Lipinski definition) is 7. The van der Waals surface area contributed by atoms with Gasteiger partial charge in [-0.3, -0.25) is 0 Å². The van der Waals surface area contributed by atoms with E-state index in [0.29, 0.717) is 13.2 Å². The van der Waals surface area contributed by atoms with Crippen LogP contribution in [-0.2, 0) is 18.9 Å². The molecule has 4 aliphatic heterocycles. The number of thioether (sulfide) groups is 2. The van der Waals surface area contributed by atoms with Gasteiger partial charge in [0, 0.05) is 23.8 Å². The van der Waals surface area contributed by atoms with E-state index in [-0.39, 0.29) is 24.0 Å². The summed E-state index contributed by atoms with van der Waals surface area (Å²) >= 11 is 3.82. The molecule has 0 radical (unpaired) electrons. The van der Waals surface area contributed by atoms with Gasteiger partial charge in [-0.1, -0.05) is 0 Å². The molecule has 4 saturated heterocycles. The molecule has 4 rings (SSSR count). The van der Waals surface area contributed by atoms with Gasteiger partial charge in [0.15, 0.2) is 5.79 Å². The maximum absolute atomic E-state index is 11.8. The zero-order valence-corrected chi connectivity index (χ0v) is 13.5. The van der Waals surface area contributed by atoms with E-state index in [1.54, 1.807) is 0 Å². The average molecular weight is 332 g/mol. The SMILES string of the molecule is O=C1O[C@@H]([C@@H]2CSCCC23OCCO3)[C@@H]2CSCC[C@H]2O1. The summed E-state index contributed by atoms with van der Waals surface area (Å²) in [4.78, 5) is 11.8. The summed E-state index contributed by atoms with van der Waals surface area (Å²) < 4.78 is 23.0. The van der Waals surface area contributed by atoms with Gasteiger partial charge in [0.05, 0.1) is 19.1 Å². The molecule has 0 amide bonds. The highest BCUT2D eigenvalue weighted by Gasteiger charge is 2.56. The smallest absolute Gasteiger partial charge is 0.430 e. The Balaban J connectivity index is 1.61. The van der Waals surface area contributed by atoms with Crippen LogP contribution in [0.1, 0.15) is 12.8 Å². The first-order chi connectivity index (χ1) is 10.3. The number of carbonyl (C=O) groups is 1. The van der Waals surface area contributed by atoms with E-state index >= 15 is 0 Å². The van der Waals surface area contributed by atoms with Gasteiger partial charge in [-0.15, -0.1) is 0 Å². The fourth-order valence-electron chi connectivity index (χ4n) is 3.83. The zero-order chi connectivity index (χ0) is 14.3. The third kappa shape index (κ3) is 2.56. The molecule has 21 heavy (non-hydrogen) atoms. The Bertz CT molecular complexity index is 412. The Labute approximate surface area is 132 Å². The van der Waals surface area contributed by atoms with Gasteiger partial charge in [-0.2, -0.15) is 23.5 Å². The van der Waals surface area contributed by atoms with Crippen molar-refractivity contribution in [2.45, 2.75) is 30.8 Å². The first-order valence-corrected chi connectivity index (χ1v) is 9.90. The predicted octanol–water partition coefficient (Wildman–Crippen LogP) is 2.14. The number of ether oxygens (including phenoxy) is 4. The number of cyclic esters (lactones) is 1. The van der Waals surface area contributed by atoms with Crippen molar-refractivity contribution in [3.63, 3.8) is 0 Å². The van der Waals surface area contributed by atoms with Crippen LogP contribution < -0.4 is 0 Å². The summed E-state index contributed by atoms with van der Waals surface area (Å²) in [7, 11) is 0.